The number of nitrogens with zero attached hydrogens (tertiary/aromatic N) is 1. The molecular formula is C18H18BrN3O3S. The van der Waals surface area contributed by atoms with E-state index in [4.69, 9.17) is 0 Å². The molecule has 0 aliphatic heterocycles. The predicted molar refractivity (Wildman–Crippen MR) is 105 cm³/mol. The molecule has 1 fully saturated rings. The van der Waals surface area contributed by atoms with E-state index in [-0.39, 0.29) is 30.3 Å². The lowest BCUT2D eigenvalue weighted by Gasteiger charge is -2.16. The summed E-state index contributed by atoms with van der Waals surface area (Å²) in [6.45, 7) is -0.0765. The molecule has 1 aromatic heterocycles. The minimum atomic E-state index is -0.323. The van der Waals surface area contributed by atoms with Crippen LogP contribution >= 0.6 is 27.3 Å². The van der Waals surface area contributed by atoms with Gasteiger partial charge in [0, 0.05) is 24.3 Å². The number of anilines is 1. The number of likely N-dealkylation sites (N-methyl/N-ethyl adjacent to an activating group) is 1. The molecule has 1 heterocycles. The smallest absolute Gasteiger partial charge is 0.264 e. The molecule has 136 valence electrons. The maximum absolute atomic E-state index is 12.3. The van der Waals surface area contributed by atoms with Crippen LogP contribution in [0.1, 0.15) is 32.9 Å². The van der Waals surface area contributed by atoms with Crippen molar-refractivity contribution in [1.82, 2.24) is 10.2 Å². The summed E-state index contributed by atoms with van der Waals surface area (Å²) in [5.41, 5.74) is 1.03. The van der Waals surface area contributed by atoms with Crippen LogP contribution in [0, 0.1) is 0 Å². The lowest BCUT2D eigenvalue weighted by molar-refractivity contribution is -0.116. The first kappa shape index (κ1) is 18.6. The van der Waals surface area contributed by atoms with Crippen molar-refractivity contribution in [3.05, 3.63) is 50.6 Å². The molecule has 0 saturated heterocycles. The Morgan fingerprint density at radius 1 is 1.23 bits per heavy atom. The number of nitrogens with one attached hydrogen (secondary N) is 2. The van der Waals surface area contributed by atoms with E-state index in [1.807, 2.05) is 0 Å². The molecule has 0 unspecified atom stereocenters. The Kier molecular flexibility index (Phi) is 5.73. The van der Waals surface area contributed by atoms with Gasteiger partial charge in [0.25, 0.3) is 11.8 Å². The first-order chi connectivity index (χ1) is 12.4. The third kappa shape index (κ3) is 4.92. The summed E-state index contributed by atoms with van der Waals surface area (Å²) in [5, 5.41) is 5.64. The molecule has 2 N–H and O–H groups in total. The van der Waals surface area contributed by atoms with Gasteiger partial charge in [-0.1, -0.05) is 6.07 Å². The molecule has 2 aromatic rings. The van der Waals surface area contributed by atoms with Gasteiger partial charge in [-0.15, -0.1) is 11.3 Å². The Bertz CT molecular complexity index is 848. The summed E-state index contributed by atoms with van der Waals surface area (Å²) in [7, 11) is 1.58. The zero-order valence-electron chi connectivity index (χ0n) is 14.1. The van der Waals surface area contributed by atoms with Crippen LogP contribution in [0.25, 0.3) is 0 Å². The number of rotatable bonds is 6. The summed E-state index contributed by atoms with van der Waals surface area (Å²) >= 11 is 4.64. The zero-order valence-corrected chi connectivity index (χ0v) is 16.5. The third-order valence-electron chi connectivity index (χ3n) is 3.83. The average Bonchev–Trinajstić information content (AvgIpc) is 3.31. The van der Waals surface area contributed by atoms with E-state index >= 15 is 0 Å². The largest absolute Gasteiger partial charge is 0.349 e. The number of carbonyl (C=O) groups is 3. The van der Waals surface area contributed by atoms with Crippen LogP contribution in [0.4, 0.5) is 5.69 Å². The number of carbonyl (C=O) groups excluding carboxylic acids is 3. The number of benzene rings is 1. The summed E-state index contributed by atoms with van der Waals surface area (Å²) in [5.74, 6) is -0.677. The monoisotopic (exact) mass is 435 g/mol. The highest BCUT2D eigenvalue weighted by atomic mass is 79.9. The minimum absolute atomic E-state index is 0.0765. The van der Waals surface area contributed by atoms with Crippen molar-refractivity contribution in [3.8, 4) is 0 Å². The fourth-order valence-corrected chi connectivity index (χ4v) is 3.72. The molecule has 3 amide bonds. The predicted octanol–water partition coefficient (Wildman–Crippen LogP) is 3.11. The van der Waals surface area contributed by atoms with Gasteiger partial charge in [-0.2, -0.15) is 0 Å². The fraction of sp³-hybridized carbons (Fsp3) is 0.278. The number of halogens is 1. The Labute approximate surface area is 163 Å². The van der Waals surface area contributed by atoms with Gasteiger partial charge in [0.15, 0.2) is 0 Å². The van der Waals surface area contributed by atoms with Crippen LogP contribution in [0.15, 0.2) is 40.2 Å². The molecule has 3 rings (SSSR count). The van der Waals surface area contributed by atoms with Crippen LogP contribution in [0.5, 0.6) is 0 Å². The normalized spacial score (nSPS) is 13.2. The topological polar surface area (TPSA) is 78.5 Å². The quantitative estimate of drug-likeness (QED) is 0.731. The van der Waals surface area contributed by atoms with Crippen LogP contribution in [-0.4, -0.2) is 42.3 Å². The summed E-state index contributed by atoms with van der Waals surface area (Å²) in [6.07, 6.45) is 2.03. The van der Waals surface area contributed by atoms with Crippen LogP contribution < -0.4 is 10.6 Å². The fourth-order valence-electron chi connectivity index (χ4n) is 2.34. The molecular weight excluding hydrogens is 418 g/mol. The number of amides is 3. The van der Waals surface area contributed by atoms with Crippen molar-refractivity contribution in [2.24, 2.45) is 0 Å². The van der Waals surface area contributed by atoms with Crippen molar-refractivity contribution < 1.29 is 14.4 Å². The van der Waals surface area contributed by atoms with Crippen molar-refractivity contribution in [2.75, 3.05) is 18.9 Å². The second-order valence-corrected chi connectivity index (χ2v) is 8.60. The van der Waals surface area contributed by atoms with E-state index in [1.165, 1.54) is 16.2 Å². The summed E-state index contributed by atoms with van der Waals surface area (Å²) in [6, 6.07) is 10.6. The van der Waals surface area contributed by atoms with Crippen molar-refractivity contribution in [2.45, 2.75) is 18.9 Å². The third-order valence-corrected chi connectivity index (χ3v) is 5.44. The van der Waals surface area contributed by atoms with Gasteiger partial charge in [-0.3, -0.25) is 14.4 Å². The zero-order chi connectivity index (χ0) is 18.7. The Hall–Kier alpha value is -2.19. The number of thiophene rings is 1. The van der Waals surface area contributed by atoms with Crippen molar-refractivity contribution >= 4 is 50.7 Å². The highest BCUT2D eigenvalue weighted by molar-refractivity contribution is 9.11. The SMILES string of the molecule is CN(CC(=O)Nc1cccc(C(=O)NC2CC2)c1)C(=O)c1ccc(Br)s1. The van der Waals surface area contributed by atoms with Crippen LogP contribution in [0.2, 0.25) is 0 Å². The second-order valence-electron chi connectivity index (χ2n) is 6.14. The van der Waals surface area contributed by atoms with Crippen molar-refractivity contribution in [1.29, 1.82) is 0 Å². The Morgan fingerprint density at radius 3 is 2.65 bits per heavy atom. The van der Waals surface area contributed by atoms with Gasteiger partial charge in [0.1, 0.15) is 0 Å². The number of hydrogen-bond acceptors (Lipinski definition) is 4. The van der Waals surface area contributed by atoms with Gasteiger partial charge in [0.2, 0.25) is 5.91 Å². The summed E-state index contributed by atoms with van der Waals surface area (Å²) < 4.78 is 0.861. The molecule has 0 atom stereocenters. The van der Waals surface area contributed by atoms with E-state index < -0.39 is 0 Å². The van der Waals surface area contributed by atoms with E-state index in [0.29, 0.717) is 16.1 Å². The molecule has 1 aliphatic carbocycles. The van der Waals surface area contributed by atoms with Gasteiger partial charge in [-0.05, 0) is 59.1 Å². The lowest BCUT2D eigenvalue weighted by Crippen LogP contribution is -2.34. The van der Waals surface area contributed by atoms with E-state index in [1.54, 1.807) is 43.4 Å². The molecule has 0 radical (unpaired) electrons. The van der Waals surface area contributed by atoms with Crippen molar-refractivity contribution in [3.63, 3.8) is 0 Å². The van der Waals surface area contributed by atoms with Gasteiger partial charge in [-0.25, -0.2) is 0 Å². The summed E-state index contributed by atoms with van der Waals surface area (Å²) in [4.78, 5) is 38.5. The van der Waals surface area contributed by atoms with Gasteiger partial charge < -0.3 is 15.5 Å². The molecule has 1 saturated carbocycles. The first-order valence-corrected chi connectivity index (χ1v) is 9.75. The molecule has 26 heavy (non-hydrogen) atoms. The Morgan fingerprint density at radius 2 is 2.00 bits per heavy atom. The van der Waals surface area contributed by atoms with E-state index in [2.05, 4.69) is 26.6 Å². The number of hydrogen-bond donors (Lipinski definition) is 2. The van der Waals surface area contributed by atoms with E-state index in [9.17, 15) is 14.4 Å². The minimum Gasteiger partial charge on any atom is -0.349 e. The Balaban J connectivity index is 1.57. The maximum atomic E-state index is 12.3. The highest BCUT2D eigenvalue weighted by Gasteiger charge is 2.24. The molecule has 8 heteroatoms. The lowest BCUT2D eigenvalue weighted by atomic mass is 10.2. The van der Waals surface area contributed by atoms with Crippen LogP contribution in [0.3, 0.4) is 0 Å². The molecule has 0 bridgehead atoms. The molecule has 6 nitrogen and oxygen atoms in total. The van der Waals surface area contributed by atoms with Crippen LogP contribution in [-0.2, 0) is 4.79 Å². The highest BCUT2D eigenvalue weighted by Crippen LogP contribution is 2.23. The average molecular weight is 436 g/mol. The molecule has 1 aromatic carbocycles. The van der Waals surface area contributed by atoms with Gasteiger partial charge >= 0.3 is 0 Å². The first-order valence-electron chi connectivity index (χ1n) is 8.14. The maximum Gasteiger partial charge on any atom is 0.264 e. The molecule has 0 spiro atoms. The van der Waals surface area contributed by atoms with E-state index in [0.717, 1.165) is 16.6 Å². The molecule has 1 aliphatic rings. The second kappa shape index (κ2) is 8.01. The van der Waals surface area contributed by atoms with Gasteiger partial charge in [0.05, 0.1) is 15.2 Å². The standard InChI is InChI=1S/C18H18BrN3O3S/c1-22(18(25)14-7-8-15(19)26-14)10-16(23)20-13-4-2-3-11(9-13)17(24)21-12-5-6-12/h2-4,7-9,12H,5-6,10H2,1H3,(H,20,23)(H,21,24).